The molecule has 3 aromatic heterocycles. The van der Waals surface area contributed by atoms with E-state index in [9.17, 15) is 4.79 Å². The first kappa shape index (κ1) is 21.0. The zero-order valence-electron chi connectivity index (χ0n) is 16.5. The van der Waals surface area contributed by atoms with Gasteiger partial charge in [-0.05, 0) is 36.4 Å². The molecule has 0 aliphatic rings. The molecule has 31 heavy (non-hydrogen) atoms. The summed E-state index contributed by atoms with van der Waals surface area (Å²) in [6.45, 7) is 0.413. The number of nitrogens with zero attached hydrogens (tertiary/aromatic N) is 4. The van der Waals surface area contributed by atoms with E-state index in [1.54, 1.807) is 25.5 Å². The van der Waals surface area contributed by atoms with Crippen molar-refractivity contribution >= 4 is 35.1 Å². The fourth-order valence-corrected chi connectivity index (χ4v) is 3.73. The summed E-state index contributed by atoms with van der Waals surface area (Å²) in [6, 6.07) is 14.6. The molecule has 0 saturated carbocycles. The predicted octanol–water partition coefficient (Wildman–Crippen LogP) is 4.37. The van der Waals surface area contributed by atoms with Crippen LogP contribution < -0.4 is 10.1 Å². The molecule has 4 rings (SSSR count). The minimum absolute atomic E-state index is 0.131. The predicted molar refractivity (Wildman–Crippen MR) is 118 cm³/mol. The lowest BCUT2D eigenvalue weighted by atomic mass is 10.2. The summed E-state index contributed by atoms with van der Waals surface area (Å²) in [7, 11) is 1.61. The molecule has 0 saturated heterocycles. The van der Waals surface area contributed by atoms with Crippen molar-refractivity contribution in [2.45, 2.75) is 11.7 Å². The first-order valence-corrected chi connectivity index (χ1v) is 10.6. The Morgan fingerprint density at radius 3 is 2.81 bits per heavy atom. The molecule has 4 aromatic rings. The van der Waals surface area contributed by atoms with Crippen LogP contribution in [0.5, 0.6) is 5.75 Å². The molecule has 158 valence electrons. The van der Waals surface area contributed by atoms with Gasteiger partial charge in [0.15, 0.2) is 11.0 Å². The van der Waals surface area contributed by atoms with Crippen LogP contribution >= 0.6 is 23.4 Å². The van der Waals surface area contributed by atoms with Gasteiger partial charge in [0.1, 0.15) is 17.3 Å². The Morgan fingerprint density at radius 2 is 2.06 bits per heavy atom. The van der Waals surface area contributed by atoms with Gasteiger partial charge in [-0.25, -0.2) is 4.98 Å². The molecule has 0 aliphatic carbocycles. The first-order valence-electron chi connectivity index (χ1n) is 9.27. The molecule has 1 N–H and O–H groups in total. The summed E-state index contributed by atoms with van der Waals surface area (Å²) >= 11 is 7.09. The van der Waals surface area contributed by atoms with Gasteiger partial charge in [0.2, 0.25) is 5.91 Å². The molecule has 1 aromatic carbocycles. The number of halogens is 1. The Labute approximate surface area is 187 Å². The third kappa shape index (κ3) is 5.07. The van der Waals surface area contributed by atoms with E-state index >= 15 is 0 Å². The number of furan rings is 1. The van der Waals surface area contributed by atoms with Gasteiger partial charge in [0.25, 0.3) is 0 Å². The molecule has 0 bridgehead atoms. The van der Waals surface area contributed by atoms with Gasteiger partial charge < -0.3 is 14.5 Å². The van der Waals surface area contributed by atoms with Gasteiger partial charge in [-0.1, -0.05) is 35.5 Å². The molecule has 3 heterocycles. The van der Waals surface area contributed by atoms with Crippen LogP contribution in [0.15, 0.2) is 70.6 Å². The molecule has 0 aliphatic heterocycles. The molecular weight excluding hydrogens is 438 g/mol. The summed E-state index contributed by atoms with van der Waals surface area (Å²) in [5.41, 5.74) is 0.797. The molecular formula is C21H18ClN5O3S. The molecule has 8 nitrogen and oxygen atoms in total. The van der Waals surface area contributed by atoms with Crippen molar-refractivity contribution in [3.8, 4) is 17.1 Å². The lowest BCUT2D eigenvalue weighted by molar-refractivity contribution is -0.113. The average molecular weight is 456 g/mol. The molecule has 0 spiro atoms. The number of anilines is 1. The Morgan fingerprint density at radius 1 is 1.19 bits per heavy atom. The number of pyridine rings is 1. The second kappa shape index (κ2) is 9.67. The largest absolute Gasteiger partial charge is 0.496 e. The molecule has 1 amide bonds. The van der Waals surface area contributed by atoms with Crippen LogP contribution in [0.25, 0.3) is 11.4 Å². The van der Waals surface area contributed by atoms with Crippen molar-refractivity contribution in [3.63, 3.8) is 0 Å². The number of para-hydroxylation sites is 1. The number of hydrogen-bond acceptors (Lipinski definition) is 7. The summed E-state index contributed by atoms with van der Waals surface area (Å²) < 4.78 is 12.9. The maximum atomic E-state index is 12.4. The Kier molecular flexibility index (Phi) is 6.54. The number of thioether (sulfide) groups is 1. The zero-order valence-corrected chi connectivity index (χ0v) is 18.1. The number of methoxy groups -OCH3 is 1. The monoisotopic (exact) mass is 455 g/mol. The number of ether oxygens (including phenoxy) is 1. The number of nitrogens with one attached hydrogen (secondary N) is 1. The third-order valence-electron chi connectivity index (χ3n) is 4.29. The van der Waals surface area contributed by atoms with Crippen LogP contribution in [-0.4, -0.2) is 38.5 Å². The Hall–Kier alpha value is -3.30. The second-order valence-electron chi connectivity index (χ2n) is 6.37. The lowest BCUT2D eigenvalue weighted by Crippen LogP contribution is -2.15. The minimum Gasteiger partial charge on any atom is -0.496 e. The van der Waals surface area contributed by atoms with Crippen LogP contribution in [0, 0.1) is 0 Å². The first-order chi connectivity index (χ1) is 15.1. The molecule has 10 heteroatoms. The summed E-state index contributed by atoms with van der Waals surface area (Å²) in [5.74, 6) is 2.39. The Bertz CT molecular complexity index is 1160. The van der Waals surface area contributed by atoms with E-state index in [2.05, 4.69) is 20.5 Å². The number of carbonyl (C=O) groups is 1. The van der Waals surface area contributed by atoms with Crippen LogP contribution in [-0.2, 0) is 11.3 Å². The summed E-state index contributed by atoms with van der Waals surface area (Å²) in [4.78, 5) is 16.4. The number of rotatable bonds is 8. The van der Waals surface area contributed by atoms with Gasteiger partial charge in [0, 0.05) is 6.20 Å². The smallest absolute Gasteiger partial charge is 0.236 e. The molecule has 0 atom stereocenters. The summed E-state index contributed by atoms with van der Waals surface area (Å²) in [6.07, 6.45) is 3.09. The van der Waals surface area contributed by atoms with Crippen LogP contribution in [0.2, 0.25) is 5.02 Å². The highest BCUT2D eigenvalue weighted by molar-refractivity contribution is 7.99. The van der Waals surface area contributed by atoms with Crippen molar-refractivity contribution in [1.82, 2.24) is 19.7 Å². The van der Waals surface area contributed by atoms with Crippen LogP contribution in [0.1, 0.15) is 5.76 Å². The fraction of sp³-hybridized carbons (Fsp3) is 0.143. The highest BCUT2D eigenvalue weighted by Crippen LogP contribution is 2.31. The topological polar surface area (TPSA) is 95.1 Å². The minimum atomic E-state index is -0.216. The van der Waals surface area contributed by atoms with E-state index in [-0.39, 0.29) is 11.7 Å². The van der Waals surface area contributed by atoms with E-state index in [0.29, 0.717) is 34.1 Å². The number of benzene rings is 1. The Balaban J connectivity index is 1.56. The zero-order chi connectivity index (χ0) is 21.6. The van der Waals surface area contributed by atoms with E-state index in [4.69, 9.17) is 20.8 Å². The van der Waals surface area contributed by atoms with Gasteiger partial charge in [0.05, 0.1) is 36.3 Å². The van der Waals surface area contributed by atoms with E-state index in [0.717, 1.165) is 11.3 Å². The van der Waals surface area contributed by atoms with Gasteiger partial charge in [-0.2, -0.15) is 0 Å². The lowest BCUT2D eigenvalue weighted by Gasteiger charge is -2.11. The average Bonchev–Trinajstić information content (AvgIpc) is 3.44. The van der Waals surface area contributed by atoms with Crippen LogP contribution in [0.4, 0.5) is 5.82 Å². The van der Waals surface area contributed by atoms with Crippen molar-refractivity contribution in [2.75, 3.05) is 18.2 Å². The second-order valence-corrected chi connectivity index (χ2v) is 7.75. The fourth-order valence-electron chi connectivity index (χ4n) is 2.88. The third-order valence-corrected chi connectivity index (χ3v) is 5.48. The van der Waals surface area contributed by atoms with E-state index < -0.39 is 0 Å². The van der Waals surface area contributed by atoms with E-state index in [1.165, 1.54) is 18.0 Å². The van der Waals surface area contributed by atoms with Crippen molar-refractivity contribution in [2.24, 2.45) is 0 Å². The molecule has 0 unspecified atom stereocenters. The van der Waals surface area contributed by atoms with Gasteiger partial charge in [-0.3, -0.25) is 9.36 Å². The highest BCUT2D eigenvalue weighted by atomic mass is 35.5. The molecule has 0 radical (unpaired) electrons. The maximum Gasteiger partial charge on any atom is 0.236 e. The number of hydrogen-bond donors (Lipinski definition) is 1. The maximum absolute atomic E-state index is 12.4. The number of carbonyl (C=O) groups excluding carboxylic acids is 1. The normalized spacial score (nSPS) is 10.8. The SMILES string of the molecule is COc1ccccc1-c1nnc(SCC(=O)Nc2ccc(Cl)cn2)n1Cc1ccco1. The number of aromatic nitrogens is 4. The van der Waals surface area contributed by atoms with Crippen molar-refractivity contribution in [3.05, 3.63) is 71.8 Å². The summed E-state index contributed by atoms with van der Waals surface area (Å²) in [5, 5.41) is 12.5. The number of amides is 1. The van der Waals surface area contributed by atoms with Gasteiger partial charge >= 0.3 is 0 Å². The standard InChI is InChI=1S/C21H18ClN5O3S/c1-29-17-7-3-2-6-16(17)20-25-26-21(27(20)12-15-5-4-10-30-15)31-13-19(28)24-18-9-8-14(22)11-23-18/h2-11H,12-13H2,1H3,(H,23,24,28). The van der Waals surface area contributed by atoms with Crippen LogP contribution in [0.3, 0.4) is 0 Å². The van der Waals surface area contributed by atoms with Crippen molar-refractivity contribution in [1.29, 1.82) is 0 Å². The quantitative estimate of drug-likeness (QED) is 0.394. The highest BCUT2D eigenvalue weighted by Gasteiger charge is 2.19. The van der Waals surface area contributed by atoms with Crippen molar-refractivity contribution < 1.29 is 13.9 Å². The van der Waals surface area contributed by atoms with E-state index in [1.807, 2.05) is 41.0 Å². The molecule has 0 fully saturated rings. The van der Waals surface area contributed by atoms with Gasteiger partial charge in [-0.15, -0.1) is 10.2 Å².